The minimum absolute atomic E-state index is 0.0749. The molecule has 0 spiro atoms. The average Bonchev–Trinajstić information content (AvgIpc) is 3.45. The van der Waals surface area contributed by atoms with Crippen LogP contribution in [0.15, 0.2) is 0 Å². The highest BCUT2D eigenvalue weighted by Crippen LogP contribution is 2.19. The van der Waals surface area contributed by atoms with Gasteiger partial charge < -0.3 is 52.3 Å². The van der Waals surface area contributed by atoms with Crippen LogP contribution in [0.4, 0.5) is 0 Å². The normalized spacial score (nSPS) is 19.3. The number of carbonyl (C=O) groups is 7. The lowest BCUT2D eigenvalue weighted by Crippen LogP contribution is -2.62. The van der Waals surface area contributed by atoms with Gasteiger partial charge in [-0.2, -0.15) is 0 Å². The Morgan fingerprint density at radius 1 is 0.761 bits per heavy atom. The first-order valence-electron chi connectivity index (χ1n) is 15.4. The van der Waals surface area contributed by atoms with Crippen LogP contribution in [0, 0.1) is 11.8 Å². The number of aliphatic hydroxyl groups excluding tert-OH is 2. The maximum atomic E-state index is 13.3. The largest absolute Gasteiger partial charge is 0.481 e. The number of aliphatic hydroxyl groups is 2. The van der Waals surface area contributed by atoms with Crippen LogP contribution in [0.1, 0.15) is 73.6 Å². The van der Waals surface area contributed by atoms with Crippen LogP contribution in [0.5, 0.6) is 0 Å². The number of nitrogens with zero attached hydrogens (tertiary/aromatic N) is 1. The first-order chi connectivity index (χ1) is 21.3. The fourth-order valence-electron chi connectivity index (χ4n) is 4.84. The van der Waals surface area contributed by atoms with Crippen molar-refractivity contribution < 1.29 is 54.0 Å². The number of carboxylic acid groups (broad SMARTS) is 2. The Kier molecular flexibility index (Phi) is 16.0. The van der Waals surface area contributed by atoms with Gasteiger partial charge in [-0.3, -0.25) is 28.8 Å². The van der Waals surface area contributed by atoms with E-state index in [1.165, 1.54) is 13.8 Å². The van der Waals surface area contributed by atoms with Crippen molar-refractivity contribution in [2.24, 2.45) is 17.6 Å². The molecule has 46 heavy (non-hydrogen) atoms. The zero-order valence-electron chi connectivity index (χ0n) is 27.2. The van der Waals surface area contributed by atoms with Crippen molar-refractivity contribution in [3.8, 4) is 0 Å². The van der Waals surface area contributed by atoms with Crippen molar-refractivity contribution in [3.05, 3.63) is 0 Å². The Hall–Kier alpha value is -3.83. The molecule has 0 saturated carbocycles. The molecule has 5 amide bonds. The molecule has 0 bridgehead atoms. The number of hydrogen-bond acceptors (Lipinski definition) is 10. The van der Waals surface area contributed by atoms with Crippen LogP contribution in [-0.2, 0) is 33.6 Å². The van der Waals surface area contributed by atoms with Gasteiger partial charge in [-0.05, 0) is 51.4 Å². The summed E-state index contributed by atoms with van der Waals surface area (Å²) in [6.07, 6.45) is -3.37. The average molecular weight is 659 g/mol. The second-order valence-electron chi connectivity index (χ2n) is 12.4. The minimum Gasteiger partial charge on any atom is -0.481 e. The first-order valence-corrected chi connectivity index (χ1v) is 15.4. The first kappa shape index (κ1) is 40.2. The number of carboxylic acids is 2. The molecular weight excluding hydrogens is 608 g/mol. The van der Waals surface area contributed by atoms with Gasteiger partial charge >= 0.3 is 11.9 Å². The van der Waals surface area contributed by atoms with Crippen LogP contribution in [0.25, 0.3) is 0 Å². The van der Waals surface area contributed by atoms with E-state index in [0.29, 0.717) is 6.42 Å². The predicted octanol–water partition coefficient (Wildman–Crippen LogP) is -2.34. The molecule has 1 fully saturated rings. The third-order valence-electron chi connectivity index (χ3n) is 7.57. The molecule has 1 aliphatic heterocycles. The minimum atomic E-state index is -1.66. The molecule has 0 aliphatic carbocycles. The Morgan fingerprint density at radius 2 is 1.28 bits per heavy atom. The summed E-state index contributed by atoms with van der Waals surface area (Å²) in [7, 11) is 0. The molecular formula is C29H50N6O11. The maximum absolute atomic E-state index is 13.3. The van der Waals surface area contributed by atoms with E-state index in [1.54, 1.807) is 27.7 Å². The van der Waals surface area contributed by atoms with E-state index in [1.807, 2.05) is 0 Å². The molecule has 1 aliphatic rings. The van der Waals surface area contributed by atoms with Crippen molar-refractivity contribution in [1.29, 1.82) is 0 Å². The van der Waals surface area contributed by atoms with E-state index in [9.17, 15) is 54.0 Å². The summed E-state index contributed by atoms with van der Waals surface area (Å²) < 4.78 is 0. The molecule has 262 valence electrons. The molecule has 17 nitrogen and oxygen atoms in total. The van der Waals surface area contributed by atoms with Gasteiger partial charge in [-0.15, -0.1) is 0 Å². The van der Waals surface area contributed by atoms with Gasteiger partial charge in [-0.1, -0.05) is 27.7 Å². The van der Waals surface area contributed by atoms with Gasteiger partial charge in [-0.25, -0.2) is 4.79 Å². The fourth-order valence-corrected chi connectivity index (χ4v) is 4.84. The highest BCUT2D eigenvalue weighted by molar-refractivity contribution is 5.97. The number of likely N-dealkylation sites (tertiary alicyclic amines) is 1. The zero-order valence-corrected chi connectivity index (χ0v) is 27.2. The number of rotatable bonds is 18. The van der Waals surface area contributed by atoms with Gasteiger partial charge in [0, 0.05) is 13.0 Å². The Labute approximate surface area is 268 Å². The second-order valence-corrected chi connectivity index (χ2v) is 12.4. The summed E-state index contributed by atoms with van der Waals surface area (Å²) in [5.74, 6) is -7.30. The summed E-state index contributed by atoms with van der Waals surface area (Å²) in [4.78, 5) is 89.5. The quantitative estimate of drug-likeness (QED) is 0.0749. The number of nitrogens with two attached hydrogens (primary N) is 1. The number of nitrogens with one attached hydrogen (secondary N) is 4. The molecule has 1 rings (SSSR count). The lowest BCUT2D eigenvalue weighted by molar-refractivity contribution is -0.150. The second kappa shape index (κ2) is 18.3. The third-order valence-corrected chi connectivity index (χ3v) is 7.57. The van der Waals surface area contributed by atoms with E-state index in [2.05, 4.69) is 21.3 Å². The number of amides is 5. The van der Waals surface area contributed by atoms with Crippen LogP contribution in [0.2, 0.25) is 0 Å². The molecule has 0 unspecified atom stereocenters. The smallest absolute Gasteiger partial charge is 0.326 e. The van der Waals surface area contributed by atoms with Gasteiger partial charge in [0.1, 0.15) is 30.2 Å². The summed E-state index contributed by atoms with van der Waals surface area (Å²) in [6.45, 7) is 9.52. The van der Waals surface area contributed by atoms with Crippen molar-refractivity contribution >= 4 is 41.5 Å². The Bertz CT molecular complexity index is 1110. The molecule has 0 aromatic rings. The molecule has 0 radical (unpaired) electrons. The van der Waals surface area contributed by atoms with E-state index >= 15 is 0 Å². The summed E-state index contributed by atoms with van der Waals surface area (Å²) in [6, 6.07) is -8.09. The lowest BCUT2D eigenvalue weighted by Gasteiger charge is -2.31. The SMILES string of the molecule is CC(C)C[C@H](NC(=O)[C@@H](N)C(C)C)C(=O)N[C@H](C(=O)N[C@@H](CCC(=O)O)C(=O)N[C@H](C(=O)N1CCC[C@H]1C(=O)O)[C@@H](C)O)[C@@H](C)O. The van der Waals surface area contributed by atoms with Crippen LogP contribution < -0.4 is 27.0 Å². The van der Waals surface area contributed by atoms with Gasteiger partial charge in [0.2, 0.25) is 29.5 Å². The number of hydrogen-bond donors (Lipinski definition) is 9. The van der Waals surface area contributed by atoms with Crippen molar-refractivity contribution in [1.82, 2.24) is 26.2 Å². The molecule has 1 heterocycles. The summed E-state index contributed by atoms with van der Waals surface area (Å²) in [5, 5.41) is 48.8. The summed E-state index contributed by atoms with van der Waals surface area (Å²) >= 11 is 0. The van der Waals surface area contributed by atoms with Crippen LogP contribution in [0.3, 0.4) is 0 Å². The van der Waals surface area contributed by atoms with Gasteiger partial charge in [0.25, 0.3) is 0 Å². The van der Waals surface area contributed by atoms with E-state index in [4.69, 9.17) is 5.73 Å². The van der Waals surface area contributed by atoms with Crippen molar-refractivity contribution in [2.75, 3.05) is 6.54 Å². The predicted molar refractivity (Wildman–Crippen MR) is 163 cm³/mol. The van der Waals surface area contributed by atoms with Gasteiger partial charge in [0.15, 0.2) is 0 Å². The Balaban J connectivity index is 3.20. The molecule has 0 aromatic carbocycles. The highest BCUT2D eigenvalue weighted by atomic mass is 16.4. The molecule has 17 heteroatoms. The highest BCUT2D eigenvalue weighted by Gasteiger charge is 2.40. The topological polar surface area (TPSA) is 278 Å². The molecule has 0 aromatic heterocycles. The zero-order chi connectivity index (χ0) is 35.5. The van der Waals surface area contributed by atoms with Gasteiger partial charge in [0.05, 0.1) is 18.2 Å². The van der Waals surface area contributed by atoms with Crippen molar-refractivity contribution in [2.45, 2.75) is 122 Å². The molecule has 10 N–H and O–H groups in total. The fraction of sp³-hybridized carbons (Fsp3) is 0.759. The van der Waals surface area contributed by atoms with E-state index in [0.717, 1.165) is 4.90 Å². The Morgan fingerprint density at radius 3 is 1.76 bits per heavy atom. The van der Waals surface area contributed by atoms with Crippen molar-refractivity contribution in [3.63, 3.8) is 0 Å². The van der Waals surface area contributed by atoms with Crippen LogP contribution in [-0.4, -0.2) is 122 Å². The number of carbonyl (C=O) groups excluding carboxylic acids is 5. The maximum Gasteiger partial charge on any atom is 0.326 e. The van der Waals surface area contributed by atoms with E-state index < -0.39 is 103 Å². The molecule has 1 saturated heterocycles. The monoisotopic (exact) mass is 658 g/mol. The van der Waals surface area contributed by atoms with E-state index in [-0.39, 0.29) is 31.2 Å². The summed E-state index contributed by atoms with van der Waals surface area (Å²) in [5.41, 5.74) is 5.90. The molecule has 8 atom stereocenters. The lowest BCUT2D eigenvalue weighted by atomic mass is 10.00. The van der Waals surface area contributed by atoms with Crippen LogP contribution >= 0.6 is 0 Å². The number of aliphatic carboxylic acids is 2. The third kappa shape index (κ3) is 12.2. The standard InChI is InChI=1S/C29H50N6O11/c1-13(2)12-18(32-26(42)21(30)14(3)4)25(41)33-22(15(5)36)27(43)31-17(9-10-20(38)39)24(40)34-23(16(6)37)28(44)35-11-7-8-19(35)29(45)46/h13-19,21-23,36-37H,7-12,30H2,1-6H3,(H,31,43)(H,32,42)(H,33,41)(H,34,40)(H,38,39)(H,45,46)/t15-,16-,17+,18+,19+,21+,22+,23+/m1/s1.